The van der Waals surface area contributed by atoms with E-state index < -0.39 is 16.3 Å². The molecule has 0 unspecified atom stereocenters. The molecule has 0 radical (unpaired) electrons. The predicted molar refractivity (Wildman–Crippen MR) is 42.8 cm³/mol. The van der Waals surface area contributed by atoms with Gasteiger partial charge in [0.15, 0.2) is 5.71 Å². The normalized spacial score (nSPS) is 17.0. The van der Waals surface area contributed by atoms with Crippen LogP contribution < -0.4 is 5.73 Å². The topological polar surface area (TPSA) is 117 Å². The third-order valence-corrected chi connectivity index (χ3v) is 1.41. The van der Waals surface area contributed by atoms with Crippen LogP contribution in [0.3, 0.4) is 0 Å². The van der Waals surface area contributed by atoms with Crippen LogP contribution in [0.25, 0.3) is 0 Å². The molecular formula is C6H6N4O2. The van der Waals surface area contributed by atoms with Gasteiger partial charge in [-0.25, -0.2) is 0 Å². The average molecular weight is 166 g/mol. The van der Waals surface area contributed by atoms with Crippen molar-refractivity contribution >= 4 is 11.4 Å². The summed E-state index contributed by atoms with van der Waals surface area (Å²) in [6.45, 7) is 0. The van der Waals surface area contributed by atoms with Crippen LogP contribution in [0.4, 0.5) is 0 Å². The maximum Gasteiger partial charge on any atom is 0.296 e. The highest BCUT2D eigenvalue weighted by Gasteiger charge is 2.25. The van der Waals surface area contributed by atoms with Crippen molar-refractivity contribution in [2.45, 2.75) is 0 Å². The molecule has 0 aromatic heterocycles. The van der Waals surface area contributed by atoms with E-state index in [9.17, 15) is 10.1 Å². The van der Waals surface area contributed by atoms with E-state index in [1.807, 2.05) is 0 Å². The summed E-state index contributed by atoms with van der Waals surface area (Å²) in [7, 11) is 0. The maximum absolute atomic E-state index is 10.2. The number of nitrogens with zero attached hydrogens (tertiary/aromatic N) is 1. The summed E-state index contributed by atoms with van der Waals surface area (Å²) in [6, 6.07) is 0. The van der Waals surface area contributed by atoms with Gasteiger partial charge >= 0.3 is 0 Å². The Morgan fingerprint density at radius 2 is 1.92 bits per heavy atom. The minimum absolute atomic E-state index is 0.0746. The lowest BCUT2D eigenvalue weighted by atomic mass is 10.0. The Labute approximate surface area is 67.5 Å². The van der Waals surface area contributed by atoms with Crippen molar-refractivity contribution in [1.82, 2.24) is 0 Å². The van der Waals surface area contributed by atoms with Gasteiger partial charge in [-0.1, -0.05) is 0 Å². The highest BCUT2D eigenvalue weighted by Crippen LogP contribution is 2.08. The smallest absolute Gasteiger partial charge is 0.296 e. The zero-order valence-corrected chi connectivity index (χ0v) is 6.00. The average Bonchev–Trinajstić information content (AvgIpc) is 2.00. The summed E-state index contributed by atoms with van der Waals surface area (Å²) in [4.78, 5) is 9.54. The summed E-state index contributed by atoms with van der Waals surface area (Å²) < 4.78 is 0. The molecule has 0 saturated carbocycles. The second-order valence-electron chi connectivity index (χ2n) is 2.18. The summed E-state index contributed by atoms with van der Waals surface area (Å²) in [5, 5.41) is 24.6. The van der Waals surface area contributed by atoms with Gasteiger partial charge in [0.2, 0.25) is 0 Å². The van der Waals surface area contributed by atoms with Crippen LogP contribution in [-0.2, 0) is 0 Å². The van der Waals surface area contributed by atoms with Crippen LogP contribution in [-0.4, -0.2) is 16.3 Å². The number of allylic oxidation sites excluding steroid dienone is 4. The third-order valence-electron chi connectivity index (χ3n) is 1.41. The molecule has 0 aliphatic heterocycles. The molecule has 6 nitrogen and oxygen atoms in total. The fourth-order valence-electron chi connectivity index (χ4n) is 0.760. The number of nitrogens with two attached hydrogens (primary N) is 1. The van der Waals surface area contributed by atoms with Gasteiger partial charge in [0, 0.05) is 6.08 Å². The van der Waals surface area contributed by atoms with Crippen molar-refractivity contribution in [2.75, 3.05) is 0 Å². The number of nitro groups is 1. The van der Waals surface area contributed by atoms with E-state index in [0.29, 0.717) is 0 Å². The monoisotopic (exact) mass is 166 g/mol. The number of hydrogen-bond donors (Lipinski definition) is 3. The molecule has 1 aliphatic carbocycles. The quantitative estimate of drug-likeness (QED) is 0.290. The molecule has 1 aliphatic rings. The molecule has 0 heterocycles. The molecule has 62 valence electrons. The van der Waals surface area contributed by atoms with Crippen LogP contribution in [0, 0.1) is 20.9 Å². The Morgan fingerprint density at radius 3 is 2.42 bits per heavy atom. The van der Waals surface area contributed by atoms with Crippen molar-refractivity contribution in [2.24, 2.45) is 5.73 Å². The summed E-state index contributed by atoms with van der Waals surface area (Å²) >= 11 is 0. The molecule has 0 saturated heterocycles. The standard InChI is InChI=1S/C6H6N4O2/c7-3-1-2-4(10(11)12)6(9)5(3)8/h1-2,8-9H,7H2. The van der Waals surface area contributed by atoms with Crippen LogP contribution in [0.15, 0.2) is 23.5 Å². The molecular weight excluding hydrogens is 160 g/mol. The minimum atomic E-state index is -0.709. The van der Waals surface area contributed by atoms with Gasteiger partial charge in [-0.15, -0.1) is 0 Å². The second kappa shape index (κ2) is 2.57. The fraction of sp³-hybridized carbons (Fsp3) is 0. The van der Waals surface area contributed by atoms with Crippen LogP contribution >= 0.6 is 0 Å². The van der Waals surface area contributed by atoms with Crippen molar-refractivity contribution in [3.8, 4) is 0 Å². The highest BCUT2D eigenvalue weighted by molar-refractivity contribution is 6.51. The number of nitrogens with one attached hydrogen (secondary N) is 2. The molecule has 0 spiro atoms. The fourth-order valence-corrected chi connectivity index (χ4v) is 0.760. The molecule has 0 aromatic rings. The van der Waals surface area contributed by atoms with Crippen molar-refractivity contribution in [3.63, 3.8) is 0 Å². The molecule has 4 N–H and O–H groups in total. The van der Waals surface area contributed by atoms with Gasteiger partial charge in [0.05, 0.1) is 10.6 Å². The van der Waals surface area contributed by atoms with Crippen LogP contribution in [0.1, 0.15) is 0 Å². The first-order chi connectivity index (χ1) is 5.54. The Kier molecular flexibility index (Phi) is 1.74. The lowest BCUT2D eigenvalue weighted by Crippen LogP contribution is -2.27. The van der Waals surface area contributed by atoms with Crippen molar-refractivity contribution < 1.29 is 4.92 Å². The van der Waals surface area contributed by atoms with Crippen molar-refractivity contribution in [3.05, 3.63) is 33.7 Å². The molecule has 1 rings (SSSR count). The summed E-state index contributed by atoms with van der Waals surface area (Å²) in [5.74, 6) is 0. The Bertz CT molecular complexity index is 339. The van der Waals surface area contributed by atoms with Gasteiger partial charge in [-0.05, 0) is 6.08 Å². The molecule has 0 bridgehead atoms. The third kappa shape index (κ3) is 1.09. The molecule has 0 amide bonds. The van der Waals surface area contributed by atoms with E-state index in [1.54, 1.807) is 0 Å². The van der Waals surface area contributed by atoms with E-state index in [0.717, 1.165) is 6.08 Å². The molecule has 12 heavy (non-hydrogen) atoms. The van der Waals surface area contributed by atoms with E-state index in [4.69, 9.17) is 16.6 Å². The highest BCUT2D eigenvalue weighted by atomic mass is 16.6. The lowest BCUT2D eigenvalue weighted by Gasteiger charge is -2.07. The molecule has 0 atom stereocenters. The van der Waals surface area contributed by atoms with Gasteiger partial charge in [0.25, 0.3) is 5.70 Å². The largest absolute Gasteiger partial charge is 0.397 e. The van der Waals surface area contributed by atoms with Gasteiger partial charge in [0.1, 0.15) is 5.71 Å². The lowest BCUT2D eigenvalue weighted by molar-refractivity contribution is -0.414. The summed E-state index contributed by atoms with van der Waals surface area (Å²) in [5.41, 5.74) is 4.19. The minimum Gasteiger partial charge on any atom is -0.397 e. The van der Waals surface area contributed by atoms with E-state index in [1.165, 1.54) is 6.08 Å². The van der Waals surface area contributed by atoms with Crippen LogP contribution in [0.5, 0.6) is 0 Å². The SMILES string of the molecule is N=C1C(=N)C([N+](=O)[O-])=CC=C1N. The summed E-state index contributed by atoms with van der Waals surface area (Å²) in [6.07, 6.45) is 2.37. The zero-order valence-electron chi connectivity index (χ0n) is 6.00. The molecule has 6 heteroatoms. The zero-order chi connectivity index (χ0) is 9.30. The first kappa shape index (κ1) is 8.12. The molecule has 0 aromatic carbocycles. The van der Waals surface area contributed by atoms with Gasteiger partial charge in [-0.3, -0.25) is 20.9 Å². The number of hydrogen-bond acceptors (Lipinski definition) is 5. The first-order valence-electron chi connectivity index (χ1n) is 3.04. The van der Waals surface area contributed by atoms with E-state index >= 15 is 0 Å². The Hall–Kier alpha value is -1.98. The predicted octanol–water partition coefficient (Wildman–Crippen LogP) is 0.0427. The van der Waals surface area contributed by atoms with Gasteiger partial charge < -0.3 is 5.73 Å². The first-order valence-corrected chi connectivity index (χ1v) is 3.04. The second-order valence-corrected chi connectivity index (χ2v) is 2.18. The van der Waals surface area contributed by atoms with Crippen LogP contribution in [0.2, 0.25) is 0 Å². The Balaban J connectivity index is 3.15. The van der Waals surface area contributed by atoms with Gasteiger partial charge in [-0.2, -0.15) is 0 Å². The molecule has 0 fully saturated rings. The van der Waals surface area contributed by atoms with E-state index in [-0.39, 0.29) is 11.4 Å². The maximum atomic E-state index is 10.2. The number of rotatable bonds is 1. The van der Waals surface area contributed by atoms with E-state index in [2.05, 4.69) is 0 Å². The Morgan fingerprint density at radius 1 is 1.33 bits per heavy atom. The van der Waals surface area contributed by atoms with Crippen molar-refractivity contribution in [1.29, 1.82) is 10.8 Å².